The van der Waals surface area contributed by atoms with Gasteiger partial charge in [-0.2, -0.15) is 0 Å². The molecule has 2 rings (SSSR count). The average Bonchev–Trinajstić information content (AvgIpc) is 2.72. The van der Waals surface area contributed by atoms with Crippen molar-refractivity contribution in [2.75, 3.05) is 32.2 Å². The fourth-order valence-corrected chi connectivity index (χ4v) is 2.10. The number of rotatable bonds is 5. The Hall–Kier alpha value is -1.33. The van der Waals surface area contributed by atoms with Gasteiger partial charge in [0.05, 0.1) is 23.0 Å². The van der Waals surface area contributed by atoms with E-state index in [9.17, 15) is 4.39 Å². The molecule has 0 fully saturated rings. The minimum atomic E-state index is -0.282. The van der Waals surface area contributed by atoms with Gasteiger partial charge in [0.1, 0.15) is 5.82 Å². The van der Waals surface area contributed by atoms with E-state index in [2.05, 4.69) is 9.97 Å². The number of ether oxygens (including phenoxy) is 1. The zero-order valence-corrected chi connectivity index (χ0v) is 11.0. The largest absolute Gasteiger partial charge is 0.383 e. The first-order chi connectivity index (χ1) is 8.60. The third-order valence-electron chi connectivity index (χ3n) is 2.61. The van der Waals surface area contributed by atoms with Crippen molar-refractivity contribution in [2.45, 2.75) is 5.38 Å². The minimum absolute atomic E-state index is 0.120. The first-order valence-corrected chi connectivity index (χ1v) is 6.03. The fourth-order valence-electron chi connectivity index (χ4n) is 1.77. The summed E-state index contributed by atoms with van der Waals surface area (Å²) in [6.07, 6.45) is 0. The van der Waals surface area contributed by atoms with Crippen LogP contribution in [0.2, 0.25) is 0 Å². The molecule has 0 amide bonds. The molecule has 0 radical (unpaired) electrons. The summed E-state index contributed by atoms with van der Waals surface area (Å²) in [6.45, 7) is 1.07. The molecule has 0 spiro atoms. The zero-order chi connectivity index (χ0) is 13.1. The molecule has 6 heteroatoms. The van der Waals surface area contributed by atoms with E-state index in [1.807, 2.05) is 11.9 Å². The Labute approximate surface area is 110 Å². The van der Waals surface area contributed by atoms with Gasteiger partial charge in [0.15, 0.2) is 0 Å². The molecule has 1 aromatic carbocycles. The Morgan fingerprint density at radius 1 is 1.56 bits per heavy atom. The number of halogens is 2. The van der Waals surface area contributed by atoms with Crippen LogP contribution in [0.5, 0.6) is 0 Å². The van der Waals surface area contributed by atoms with Crippen molar-refractivity contribution in [3.63, 3.8) is 0 Å². The lowest BCUT2D eigenvalue weighted by molar-refractivity contribution is 0.199. The fraction of sp³-hybridized carbons (Fsp3) is 0.417. The van der Waals surface area contributed by atoms with Crippen molar-refractivity contribution in [1.29, 1.82) is 0 Å². The van der Waals surface area contributed by atoms with Gasteiger partial charge in [-0.3, -0.25) is 0 Å². The molecule has 1 unspecified atom stereocenters. The first-order valence-electron chi connectivity index (χ1n) is 5.59. The smallest absolute Gasteiger partial charge is 0.203 e. The molecule has 1 atom stereocenters. The van der Waals surface area contributed by atoms with Crippen LogP contribution < -0.4 is 4.90 Å². The molecule has 0 aliphatic rings. The summed E-state index contributed by atoms with van der Waals surface area (Å²) in [4.78, 5) is 9.31. The molecular weight excluding hydrogens is 257 g/mol. The van der Waals surface area contributed by atoms with E-state index in [0.717, 1.165) is 5.52 Å². The highest BCUT2D eigenvalue weighted by Crippen LogP contribution is 2.18. The molecule has 18 heavy (non-hydrogen) atoms. The standard InChI is InChI=1S/C12H15ClFN3O/c1-17(6-8(13)7-18-2)12-15-10-4-3-9(14)5-11(10)16-12/h3-5,8H,6-7H2,1-2H3,(H,15,16). The van der Waals surface area contributed by atoms with Crippen molar-refractivity contribution in [2.24, 2.45) is 0 Å². The number of imidazole rings is 1. The highest BCUT2D eigenvalue weighted by Gasteiger charge is 2.12. The molecule has 1 N–H and O–H groups in total. The zero-order valence-electron chi connectivity index (χ0n) is 10.3. The molecule has 4 nitrogen and oxygen atoms in total. The van der Waals surface area contributed by atoms with Gasteiger partial charge < -0.3 is 14.6 Å². The van der Waals surface area contributed by atoms with Gasteiger partial charge in [-0.05, 0) is 18.2 Å². The van der Waals surface area contributed by atoms with Gasteiger partial charge in [-0.25, -0.2) is 9.37 Å². The number of aromatic amines is 1. The van der Waals surface area contributed by atoms with Gasteiger partial charge in [-0.15, -0.1) is 11.6 Å². The number of alkyl halides is 1. The van der Waals surface area contributed by atoms with Crippen molar-refractivity contribution in [3.05, 3.63) is 24.0 Å². The summed E-state index contributed by atoms with van der Waals surface area (Å²) in [6, 6.07) is 4.46. The lowest BCUT2D eigenvalue weighted by Crippen LogP contribution is -2.29. The van der Waals surface area contributed by atoms with Crippen LogP contribution in [0.4, 0.5) is 10.3 Å². The van der Waals surface area contributed by atoms with Crippen LogP contribution in [0.1, 0.15) is 0 Å². The number of benzene rings is 1. The maximum absolute atomic E-state index is 13.1. The number of H-pyrrole nitrogens is 1. The molecule has 1 aromatic heterocycles. The van der Waals surface area contributed by atoms with Crippen molar-refractivity contribution < 1.29 is 9.13 Å². The number of fused-ring (bicyclic) bond motifs is 1. The van der Waals surface area contributed by atoms with E-state index in [-0.39, 0.29) is 11.2 Å². The minimum Gasteiger partial charge on any atom is -0.383 e. The monoisotopic (exact) mass is 271 g/mol. The highest BCUT2D eigenvalue weighted by atomic mass is 35.5. The summed E-state index contributed by atoms with van der Waals surface area (Å²) in [5, 5.41) is -0.120. The van der Waals surface area contributed by atoms with E-state index in [1.165, 1.54) is 12.1 Å². The van der Waals surface area contributed by atoms with Gasteiger partial charge >= 0.3 is 0 Å². The highest BCUT2D eigenvalue weighted by molar-refractivity contribution is 6.21. The summed E-state index contributed by atoms with van der Waals surface area (Å²) >= 11 is 6.08. The predicted molar refractivity (Wildman–Crippen MR) is 70.8 cm³/mol. The molecule has 1 heterocycles. The summed E-state index contributed by atoms with van der Waals surface area (Å²) < 4.78 is 18.0. The van der Waals surface area contributed by atoms with Crippen molar-refractivity contribution in [3.8, 4) is 0 Å². The average molecular weight is 272 g/mol. The summed E-state index contributed by atoms with van der Waals surface area (Å²) in [5.74, 6) is 0.382. The second-order valence-corrected chi connectivity index (χ2v) is 4.77. The number of methoxy groups -OCH3 is 1. The van der Waals surface area contributed by atoms with E-state index in [1.54, 1.807) is 13.2 Å². The van der Waals surface area contributed by atoms with Gasteiger partial charge in [-0.1, -0.05) is 0 Å². The third kappa shape index (κ3) is 2.91. The van der Waals surface area contributed by atoms with Crippen LogP contribution in [0.15, 0.2) is 18.2 Å². The van der Waals surface area contributed by atoms with Crippen LogP contribution in [-0.2, 0) is 4.74 Å². The normalized spacial score (nSPS) is 12.9. The summed E-state index contributed by atoms with van der Waals surface area (Å²) in [5.41, 5.74) is 1.41. The van der Waals surface area contributed by atoms with E-state index in [0.29, 0.717) is 24.6 Å². The molecule has 98 valence electrons. The maximum atomic E-state index is 13.1. The predicted octanol–water partition coefficient (Wildman–Crippen LogP) is 2.39. The topological polar surface area (TPSA) is 41.1 Å². The van der Waals surface area contributed by atoms with Crippen LogP contribution >= 0.6 is 11.6 Å². The maximum Gasteiger partial charge on any atom is 0.203 e. The Balaban J connectivity index is 2.15. The third-order valence-corrected chi connectivity index (χ3v) is 2.88. The van der Waals surface area contributed by atoms with Crippen molar-refractivity contribution in [1.82, 2.24) is 9.97 Å². The van der Waals surface area contributed by atoms with Crippen LogP contribution in [0.25, 0.3) is 11.0 Å². The van der Waals surface area contributed by atoms with E-state index in [4.69, 9.17) is 16.3 Å². The van der Waals surface area contributed by atoms with Gasteiger partial charge in [0.25, 0.3) is 0 Å². The molecule has 0 aliphatic heterocycles. The quantitative estimate of drug-likeness (QED) is 0.849. The number of hydrogen-bond donors (Lipinski definition) is 1. The number of anilines is 1. The van der Waals surface area contributed by atoms with Crippen LogP contribution in [-0.4, -0.2) is 42.7 Å². The molecule has 0 bridgehead atoms. The van der Waals surface area contributed by atoms with Crippen LogP contribution in [0.3, 0.4) is 0 Å². The second-order valence-electron chi connectivity index (χ2n) is 4.16. The molecular formula is C12H15ClFN3O. The number of hydrogen-bond acceptors (Lipinski definition) is 3. The van der Waals surface area contributed by atoms with Crippen LogP contribution in [0, 0.1) is 5.82 Å². The summed E-state index contributed by atoms with van der Waals surface area (Å²) in [7, 11) is 3.48. The lowest BCUT2D eigenvalue weighted by Gasteiger charge is -2.18. The Morgan fingerprint density at radius 3 is 3.06 bits per heavy atom. The number of nitrogens with one attached hydrogen (secondary N) is 1. The lowest BCUT2D eigenvalue weighted by atomic mass is 10.3. The first kappa shape index (κ1) is 13.1. The molecule has 0 saturated heterocycles. The van der Waals surface area contributed by atoms with E-state index < -0.39 is 0 Å². The number of nitrogens with zero attached hydrogens (tertiary/aromatic N) is 2. The Bertz CT molecular complexity index is 531. The molecule has 0 saturated carbocycles. The SMILES string of the molecule is COCC(Cl)CN(C)c1nc2ccc(F)cc2[nH]1. The number of aromatic nitrogens is 2. The van der Waals surface area contributed by atoms with Gasteiger partial charge in [0.2, 0.25) is 5.95 Å². The van der Waals surface area contributed by atoms with E-state index >= 15 is 0 Å². The Kier molecular flexibility index (Phi) is 4.04. The molecule has 0 aliphatic carbocycles. The second kappa shape index (κ2) is 5.54. The van der Waals surface area contributed by atoms with Gasteiger partial charge in [0, 0.05) is 20.7 Å². The Morgan fingerprint density at radius 2 is 2.33 bits per heavy atom. The van der Waals surface area contributed by atoms with Crippen molar-refractivity contribution >= 4 is 28.6 Å². The molecule has 2 aromatic rings.